The molecule has 1 heterocycles. The number of hydrogen-bond acceptors (Lipinski definition) is 6. The minimum Gasteiger partial charge on any atom is -0.492 e. The van der Waals surface area contributed by atoms with E-state index in [0.717, 1.165) is 44.3 Å². The number of esters is 1. The third-order valence-electron chi connectivity index (χ3n) is 12.0. The van der Waals surface area contributed by atoms with Crippen molar-refractivity contribution in [3.05, 3.63) is 17.2 Å². The average Bonchev–Trinajstić information content (AvgIpc) is 3.20. The zero-order valence-electron chi connectivity index (χ0n) is 24.8. The number of cyclic esters (lactones) is 1. The van der Waals surface area contributed by atoms with E-state index in [2.05, 4.69) is 39.5 Å². The summed E-state index contributed by atoms with van der Waals surface area (Å²) in [5.74, 6) is 3.52. The lowest BCUT2D eigenvalue weighted by Crippen LogP contribution is -2.56. The van der Waals surface area contributed by atoms with Crippen molar-refractivity contribution in [1.29, 1.82) is 0 Å². The van der Waals surface area contributed by atoms with E-state index in [4.69, 9.17) is 9.47 Å². The van der Waals surface area contributed by atoms with Gasteiger partial charge in [-0.3, -0.25) is 4.79 Å². The van der Waals surface area contributed by atoms with Gasteiger partial charge in [-0.05, 0) is 105 Å². The van der Waals surface area contributed by atoms with Crippen LogP contribution in [0.15, 0.2) is 17.5 Å². The molecule has 38 heavy (non-hydrogen) atoms. The van der Waals surface area contributed by atoms with E-state index >= 15 is 0 Å². The van der Waals surface area contributed by atoms with Crippen LogP contribution in [0.25, 0.3) is 0 Å². The van der Waals surface area contributed by atoms with E-state index in [0.29, 0.717) is 48.5 Å². The number of rotatable bonds is 10. The standard InChI is InChI=1S/C32H53NO5/c1-8-31(6)23(17-21(3)34)18-27(33-36)29-25-12-11-24(32(25,7)14-13-26(29)31)20(2)9-10-22(4)38-30(5)15-16-37-28(35)19-30/h20-21,23-27,29,34H,4,8-19H2,1-3,5-7H3. The first-order valence-electron chi connectivity index (χ1n) is 15.4. The Morgan fingerprint density at radius 2 is 1.92 bits per heavy atom. The Labute approximate surface area is 230 Å². The quantitative estimate of drug-likeness (QED) is 0.180. The fourth-order valence-electron chi connectivity index (χ4n) is 9.84. The number of ether oxygens (including phenoxy) is 2. The molecule has 3 aliphatic carbocycles. The summed E-state index contributed by atoms with van der Waals surface area (Å²) in [6.45, 7) is 18.1. The molecule has 4 fully saturated rings. The fourth-order valence-corrected chi connectivity index (χ4v) is 9.84. The highest BCUT2D eigenvalue weighted by Gasteiger charge is 2.62. The molecule has 6 nitrogen and oxygen atoms in total. The molecule has 6 heteroatoms. The van der Waals surface area contributed by atoms with Gasteiger partial charge in [0.1, 0.15) is 5.60 Å². The van der Waals surface area contributed by atoms with Crippen LogP contribution in [0.1, 0.15) is 112 Å². The summed E-state index contributed by atoms with van der Waals surface area (Å²) >= 11 is 0. The van der Waals surface area contributed by atoms with E-state index in [1.54, 1.807) is 0 Å². The van der Waals surface area contributed by atoms with Crippen LogP contribution < -0.4 is 0 Å². The van der Waals surface area contributed by atoms with Crippen LogP contribution in [0.2, 0.25) is 0 Å². The molecule has 1 aliphatic heterocycles. The van der Waals surface area contributed by atoms with Gasteiger partial charge in [0.25, 0.3) is 0 Å². The van der Waals surface area contributed by atoms with Crippen molar-refractivity contribution < 1.29 is 19.4 Å². The maximum atomic E-state index is 12.3. The normalized spacial score (nSPS) is 44.3. The molecule has 0 aromatic carbocycles. The van der Waals surface area contributed by atoms with Crippen molar-refractivity contribution in [3.63, 3.8) is 0 Å². The highest BCUT2D eigenvalue weighted by molar-refractivity contribution is 5.71. The van der Waals surface area contributed by atoms with Crippen LogP contribution in [-0.2, 0) is 14.3 Å². The summed E-state index contributed by atoms with van der Waals surface area (Å²) in [5, 5.41) is 14.0. The Bertz CT molecular complexity index is 889. The Hall–Kier alpha value is -1.43. The number of carbonyl (C=O) groups excluding carboxylic acids is 1. The van der Waals surface area contributed by atoms with Crippen molar-refractivity contribution >= 4 is 5.97 Å². The molecule has 0 bridgehead atoms. The van der Waals surface area contributed by atoms with E-state index < -0.39 is 5.60 Å². The summed E-state index contributed by atoms with van der Waals surface area (Å²) in [6, 6.07) is -0.127. The molecule has 0 radical (unpaired) electrons. The summed E-state index contributed by atoms with van der Waals surface area (Å²) in [4.78, 5) is 24.0. The van der Waals surface area contributed by atoms with Gasteiger partial charge < -0.3 is 14.6 Å². The predicted octanol–water partition coefficient (Wildman–Crippen LogP) is 7.43. The Morgan fingerprint density at radius 1 is 1.18 bits per heavy atom. The highest BCUT2D eigenvalue weighted by atomic mass is 16.6. The van der Waals surface area contributed by atoms with Crippen LogP contribution in [0, 0.1) is 51.2 Å². The number of allylic oxidation sites excluding steroid dienone is 1. The van der Waals surface area contributed by atoms with E-state index in [9.17, 15) is 14.8 Å². The number of fused-ring (bicyclic) bond motifs is 3. The van der Waals surface area contributed by atoms with Gasteiger partial charge in [-0.25, -0.2) is 0 Å². The summed E-state index contributed by atoms with van der Waals surface area (Å²) in [7, 11) is 0. The predicted molar refractivity (Wildman–Crippen MR) is 150 cm³/mol. The number of carbonyl (C=O) groups is 1. The van der Waals surface area contributed by atoms with Crippen molar-refractivity contribution in [2.75, 3.05) is 6.61 Å². The second-order valence-electron chi connectivity index (χ2n) is 14.3. The van der Waals surface area contributed by atoms with Crippen LogP contribution >= 0.6 is 0 Å². The molecule has 11 atom stereocenters. The maximum Gasteiger partial charge on any atom is 0.309 e. The largest absolute Gasteiger partial charge is 0.492 e. The third kappa shape index (κ3) is 5.45. The van der Waals surface area contributed by atoms with Gasteiger partial charge in [0.05, 0.1) is 30.9 Å². The molecule has 4 rings (SSSR count). The van der Waals surface area contributed by atoms with Crippen LogP contribution in [0.3, 0.4) is 0 Å². The number of nitrogens with zero attached hydrogens (tertiary/aromatic N) is 1. The SMILES string of the molecule is C=C(CCC(C)C1CCC2C3C(N=O)CC(CC(C)O)C(C)(CC)C3CCC12C)OC1(C)CCOC(=O)C1. The molecule has 0 aromatic heterocycles. The number of hydrogen-bond donors (Lipinski definition) is 1. The first kappa shape index (κ1) is 29.6. The molecule has 3 saturated carbocycles. The molecule has 11 unspecified atom stereocenters. The molecule has 0 aromatic rings. The number of nitroso groups, excluding NO2 is 1. The van der Waals surface area contributed by atoms with Gasteiger partial charge in [0, 0.05) is 12.8 Å². The average molecular weight is 532 g/mol. The van der Waals surface area contributed by atoms with E-state index in [1.807, 2.05) is 13.8 Å². The molecule has 216 valence electrons. The van der Waals surface area contributed by atoms with Gasteiger partial charge in [-0.1, -0.05) is 45.9 Å². The fraction of sp³-hybridized carbons (Fsp3) is 0.906. The van der Waals surface area contributed by atoms with E-state index in [1.165, 1.54) is 19.3 Å². The van der Waals surface area contributed by atoms with Crippen molar-refractivity contribution in [1.82, 2.24) is 0 Å². The Kier molecular flexibility index (Phi) is 8.72. The lowest BCUT2D eigenvalue weighted by atomic mass is 9.44. The monoisotopic (exact) mass is 531 g/mol. The molecular weight excluding hydrogens is 478 g/mol. The lowest BCUT2D eigenvalue weighted by molar-refractivity contribution is -0.160. The van der Waals surface area contributed by atoms with Crippen molar-refractivity contribution in [2.24, 2.45) is 51.5 Å². The Morgan fingerprint density at radius 3 is 2.55 bits per heavy atom. The summed E-state index contributed by atoms with van der Waals surface area (Å²) in [6.07, 6.45) is 9.97. The minimum absolute atomic E-state index is 0.127. The summed E-state index contributed by atoms with van der Waals surface area (Å²) < 4.78 is 11.3. The van der Waals surface area contributed by atoms with Gasteiger partial charge in [0.15, 0.2) is 0 Å². The molecule has 1 N–H and O–H groups in total. The van der Waals surface area contributed by atoms with Gasteiger partial charge in [-0.15, -0.1) is 0 Å². The first-order chi connectivity index (χ1) is 17.9. The second-order valence-corrected chi connectivity index (χ2v) is 14.3. The van der Waals surface area contributed by atoms with Crippen LogP contribution in [-0.4, -0.2) is 35.4 Å². The van der Waals surface area contributed by atoms with Gasteiger partial charge in [-0.2, -0.15) is 4.91 Å². The van der Waals surface area contributed by atoms with Gasteiger partial charge >= 0.3 is 5.97 Å². The number of aliphatic hydroxyl groups excluding tert-OH is 1. The molecule has 4 aliphatic rings. The first-order valence-corrected chi connectivity index (χ1v) is 15.4. The zero-order valence-corrected chi connectivity index (χ0v) is 24.8. The minimum atomic E-state index is -0.506. The third-order valence-corrected chi connectivity index (χ3v) is 12.0. The highest BCUT2D eigenvalue weighted by Crippen LogP contribution is 2.68. The van der Waals surface area contributed by atoms with Crippen molar-refractivity contribution in [3.8, 4) is 0 Å². The molecule has 0 amide bonds. The smallest absolute Gasteiger partial charge is 0.309 e. The molecule has 0 spiro atoms. The topological polar surface area (TPSA) is 85.2 Å². The second kappa shape index (κ2) is 11.2. The van der Waals surface area contributed by atoms with Crippen molar-refractivity contribution in [2.45, 2.75) is 130 Å². The molecular formula is C32H53NO5. The lowest BCUT2D eigenvalue weighted by Gasteiger charge is -2.60. The molecule has 1 saturated heterocycles. The summed E-state index contributed by atoms with van der Waals surface area (Å²) in [5.41, 5.74) is -0.116. The van der Waals surface area contributed by atoms with Crippen LogP contribution in [0.5, 0.6) is 0 Å². The van der Waals surface area contributed by atoms with Gasteiger partial charge in [0.2, 0.25) is 0 Å². The van der Waals surface area contributed by atoms with Crippen LogP contribution in [0.4, 0.5) is 0 Å². The maximum absolute atomic E-state index is 12.3. The number of aliphatic hydroxyl groups is 1. The van der Waals surface area contributed by atoms with E-state index in [-0.39, 0.29) is 35.4 Å². The Balaban J connectivity index is 1.43. The zero-order chi connectivity index (χ0) is 27.9.